The maximum Gasteiger partial charge on any atom is 0.262 e. The van der Waals surface area contributed by atoms with Crippen LogP contribution in [0.3, 0.4) is 0 Å². The predicted octanol–water partition coefficient (Wildman–Crippen LogP) is 4.84. The van der Waals surface area contributed by atoms with Gasteiger partial charge in [-0.2, -0.15) is 0 Å². The lowest BCUT2D eigenvalue weighted by atomic mass is 10.1. The van der Waals surface area contributed by atoms with E-state index in [0.717, 1.165) is 0 Å². The van der Waals surface area contributed by atoms with Crippen LogP contribution in [0.5, 0.6) is 0 Å². The number of amides is 1. The molecular weight excluding hydrogens is 460 g/mol. The Labute approximate surface area is 210 Å². The van der Waals surface area contributed by atoms with Crippen LogP contribution in [0.4, 0.5) is 5.69 Å². The van der Waals surface area contributed by atoms with Gasteiger partial charge in [-0.3, -0.25) is 23.9 Å². The fourth-order valence-electron chi connectivity index (χ4n) is 4.01. The summed E-state index contributed by atoms with van der Waals surface area (Å²) in [6, 6.07) is 14.8. The van der Waals surface area contributed by atoms with Gasteiger partial charge in [-0.05, 0) is 77.9 Å². The Morgan fingerprint density at radius 3 is 2.23 bits per heavy atom. The maximum absolute atomic E-state index is 13.4. The monoisotopic (exact) mass is 494 g/mol. The lowest BCUT2D eigenvalue weighted by Gasteiger charge is -2.31. The average molecular weight is 495 g/mol. The first kappa shape index (κ1) is 26.6. The summed E-state index contributed by atoms with van der Waals surface area (Å²) < 4.78 is 1.69. The number of para-hydroxylation sites is 1. The molecule has 1 aromatic heterocycles. The number of hydrogen-bond donors (Lipinski definition) is 1. The van der Waals surface area contributed by atoms with Gasteiger partial charge >= 0.3 is 0 Å². The standard InChI is InChI=1S/C27H34N4O3S/c1-17(2)30(18(3)4)15-16-31-26(34)23-9-7-8-10-24(23)29-27(31)35-20(6)25(33)28-22-13-11-21(12-14-22)19(5)32/h7-14,17-18,20H,15-16H2,1-6H3,(H,28,33). The number of ketones is 1. The first-order valence-electron chi connectivity index (χ1n) is 11.9. The molecule has 0 fully saturated rings. The van der Waals surface area contributed by atoms with E-state index in [2.05, 4.69) is 37.9 Å². The van der Waals surface area contributed by atoms with Gasteiger partial charge in [0.25, 0.3) is 5.56 Å². The number of fused-ring (bicyclic) bond motifs is 1. The quantitative estimate of drug-likeness (QED) is 0.247. The van der Waals surface area contributed by atoms with Crippen LogP contribution in [-0.2, 0) is 11.3 Å². The van der Waals surface area contributed by atoms with Gasteiger partial charge in [0.05, 0.1) is 16.2 Å². The second-order valence-corrected chi connectivity index (χ2v) is 10.5. The van der Waals surface area contributed by atoms with Gasteiger partial charge in [0.1, 0.15) is 0 Å². The summed E-state index contributed by atoms with van der Waals surface area (Å²) in [6.07, 6.45) is 0. The fourth-order valence-corrected chi connectivity index (χ4v) is 4.94. The molecule has 3 aromatic rings. The molecule has 1 N–H and O–H groups in total. The molecule has 0 saturated carbocycles. The molecule has 2 aromatic carbocycles. The molecule has 3 rings (SSSR count). The van der Waals surface area contributed by atoms with Crippen molar-refractivity contribution < 1.29 is 9.59 Å². The number of nitrogens with zero attached hydrogens (tertiary/aromatic N) is 3. The lowest BCUT2D eigenvalue weighted by molar-refractivity contribution is -0.115. The first-order chi connectivity index (χ1) is 16.6. The van der Waals surface area contributed by atoms with Crippen molar-refractivity contribution in [1.82, 2.24) is 14.5 Å². The summed E-state index contributed by atoms with van der Waals surface area (Å²) >= 11 is 1.27. The SMILES string of the molecule is CC(=O)c1ccc(NC(=O)C(C)Sc2nc3ccccc3c(=O)n2CCN(C(C)C)C(C)C)cc1. The Hall–Kier alpha value is -2.97. The van der Waals surface area contributed by atoms with Crippen molar-refractivity contribution in [3.8, 4) is 0 Å². The fraction of sp³-hybridized carbons (Fsp3) is 0.407. The minimum absolute atomic E-state index is 0.0272. The van der Waals surface area contributed by atoms with Gasteiger partial charge in [-0.1, -0.05) is 23.9 Å². The van der Waals surface area contributed by atoms with Gasteiger partial charge in [-0.25, -0.2) is 4.98 Å². The highest BCUT2D eigenvalue weighted by atomic mass is 32.2. The summed E-state index contributed by atoms with van der Waals surface area (Å²) in [6.45, 7) is 13.1. The number of nitrogens with one attached hydrogen (secondary N) is 1. The summed E-state index contributed by atoms with van der Waals surface area (Å²) in [4.78, 5) is 44.9. The second kappa shape index (κ2) is 11.6. The summed E-state index contributed by atoms with van der Waals surface area (Å²) in [5.41, 5.74) is 1.72. The summed E-state index contributed by atoms with van der Waals surface area (Å²) in [7, 11) is 0. The van der Waals surface area contributed by atoms with Crippen LogP contribution in [0.15, 0.2) is 58.5 Å². The zero-order valence-electron chi connectivity index (χ0n) is 21.2. The molecule has 7 nitrogen and oxygen atoms in total. The smallest absolute Gasteiger partial charge is 0.262 e. The molecule has 8 heteroatoms. The van der Waals surface area contributed by atoms with Crippen molar-refractivity contribution in [2.75, 3.05) is 11.9 Å². The maximum atomic E-state index is 13.4. The highest BCUT2D eigenvalue weighted by molar-refractivity contribution is 8.00. The zero-order valence-corrected chi connectivity index (χ0v) is 22.1. The normalized spacial score (nSPS) is 12.5. The van der Waals surface area contributed by atoms with Gasteiger partial charge in [0, 0.05) is 36.4 Å². The Morgan fingerprint density at radius 1 is 1.00 bits per heavy atom. The third-order valence-corrected chi connectivity index (χ3v) is 7.04. The van der Waals surface area contributed by atoms with Crippen molar-refractivity contribution in [3.63, 3.8) is 0 Å². The lowest BCUT2D eigenvalue weighted by Crippen LogP contribution is -2.40. The second-order valence-electron chi connectivity index (χ2n) is 9.18. The molecule has 1 atom stereocenters. The molecule has 1 heterocycles. The van der Waals surface area contributed by atoms with Crippen molar-refractivity contribution in [2.24, 2.45) is 0 Å². The van der Waals surface area contributed by atoms with E-state index in [-0.39, 0.29) is 17.2 Å². The first-order valence-corrected chi connectivity index (χ1v) is 12.8. The minimum atomic E-state index is -0.493. The van der Waals surface area contributed by atoms with Gasteiger partial charge < -0.3 is 5.32 Å². The number of rotatable bonds is 10. The topological polar surface area (TPSA) is 84.3 Å². The van der Waals surface area contributed by atoms with E-state index >= 15 is 0 Å². The predicted molar refractivity (Wildman–Crippen MR) is 143 cm³/mol. The van der Waals surface area contributed by atoms with E-state index < -0.39 is 5.25 Å². The molecule has 0 aliphatic heterocycles. The van der Waals surface area contributed by atoms with Crippen LogP contribution in [0.25, 0.3) is 10.9 Å². The number of Topliss-reactive ketones (excluding diaryl/α,β-unsaturated/α-hetero) is 1. The molecule has 0 radical (unpaired) electrons. The molecule has 0 spiro atoms. The van der Waals surface area contributed by atoms with Crippen molar-refractivity contribution in [1.29, 1.82) is 0 Å². The number of aromatic nitrogens is 2. The number of carbonyl (C=O) groups excluding carboxylic acids is 2. The zero-order chi connectivity index (χ0) is 25.7. The molecule has 0 bridgehead atoms. The number of hydrogen-bond acceptors (Lipinski definition) is 6. The van der Waals surface area contributed by atoms with E-state index in [1.165, 1.54) is 18.7 Å². The van der Waals surface area contributed by atoms with Crippen LogP contribution in [-0.4, -0.2) is 50.0 Å². The van der Waals surface area contributed by atoms with Gasteiger partial charge in [-0.15, -0.1) is 0 Å². The van der Waals surface area contributed by atoms with Crippen LogP contribution >= 0.6 is 11.8 Å². The van der Waals surface area contributed by atoms with E-state index in [4.69, 9.17) is 4.98 Å². The molecule has 1 amide bonds. The molecule has 0 saturated heterocycles. The van der Waals surface area contributed by atoms with Crippen LogP contribution in [0, 0.1) is 0 Å². The molecular formula is C27H34N4O3S. The Bertz CT molecular complexity index is 1240. The van der Waals surface area contributed by atoms with Crippen LogP contribution in [0.1, 0.15) is 51.9 Å². The van der Waals surface area contributed by atoms with Crippen LogP contribution in [0.2, 0.25) is 0 Å². The molecule has 35 heavy (non-hydrogen) atoms. The highest BCUT2D eigenvalue weighted by Crippen LogP contribution is 2.24. The van der Waals surface area contributed by atoms with Crippen molar-refractivity contribution in [3.05, 3.63) is 64.4 Å². The van der Waals surface area contributed by atoms with E-state index in [1.807, 2.05) is 18.2 Å². The van der Waals surface area contributed by atoms with E-state index in [9.17, 15) is 14.4 Å². The largest absolute Gasteiger partial charge is 0.325 e. The molecule has 186 valence electrons. The van der Waals surface area contributed by atoms with E-state index in [0.29, 0.717) is 52.5 Å². The van der Waals surface area contributed by atoms with Crippen molar-refractivity contribution in [2.45, 2.75) is 70.6 Å². The molecule has 0 aliphatic rings. The average Bonchev–Trinajstić information content (AvgIpc) is 2.80. The summed E-state index contributed by atoms with van der Waals surface area (Å²) in [5, 5.41) is 3.49. The van der Waals surface area contributed by atoms with Gasteiger partial charge in [0.2, 0.25) is 5.91 Å². The van der Waals surface area contributed by atoms with Gasteiger partial charge in [0.15, 0.2) is 10.9 Å². The van der Waals surface area contributed by atoms with E-state index in [1.54, 1.807) is 41.8 Å². The summed E-state index contributed by atoms with van der Waals surface area (Å²) in [5.74, 6) is -0.230. The number of anilines is 1. The Balaban J connectivity index is 1.85. The van der Waals surface area contributed by atoms with Crippen molar-refractivity contribution >= 4 is 40.0 Å². The number of benzene rings is 2. The van der Waals surface area contributed by atoms with Crippen LogP contribution < -0.4 is 10.9 Å². The minimum Gasteiger partial charge on any atom is -0.325 e. The number of carbonyl (C=O) groups is 2. The Morgan fingerprint density at radius 2 is 1.63 bits per heavy atom. The third-order valence-electron chi connectivity index (χ3n) is 5.95. The molecule has 1 unspecified atom stereocenters. The highest BCUT2D eigenvalue weighted by Gasteiger charge is 2.21. The third kappa shape index (κ3) is 6.58. The number of thioether (sulfide) groups is 1. The molecule has 0 aliphatic carbocycles. The Kier molecular flexibility index (Phi) is 8.86.